The molecule has 0 bridgehead atoms. The number of fused-ring (bicyclic) bond motifs is 2. The van der Waals surface area contributed by atoms with Gasteiger partial charge in [-0.15, -0.1) is 0 Å². The van der Waals surface area contributed by atoms with Crippen LogP contribution in [0.4, 0.5) is 5.69 Å². The first-order chi connectivity index (χ1) is 15.3. The number of anilines is 1. The van der Waals surface area contributed by atoms with Crippen LogP contribution in [0.1, 0.15) is 31.8 Å². The van der Waals surface area contributed by atoms with Crippen LogP contribution in [0, 0.1) is 0 Å². The van der Waals surface area contributed by atoms with Gasteiger partial charge in [-0.25, -0.2) is 0 Å². The zero-order valence-corrected chi connectivity index (χ0v) is 17.5. The highest BCUT2D eigenvalue weighted by Crippen LogP contribution is 2.33. The maximum atomic E-state index is 13.3. The topological polar surface area (TPSA) is 74.3 Å². The quantitative estimate of drug-likeness (QED) is 0.593. The summed E-state index contributed by atoms with van der Waals surface area (Å²) in [5.41, 5.74) is 2.54. The molecule has 0 saturated carbocycles. The zero-order valence-electron chi connectivity index (χ0n) is 17.5. The van der Waals surface area contributed by atoms with Crippen molar-refractivity contribution in [2.75, 3.05) is 70.8 Å². The lowest BCUT2D eigenvalue weighted by Gasteiger charge is -2.29. The van der Waals surface area contributed by atoms with Crippen LogP contribution in [0.2, 0.25) is 0 Å². The van der Waals surface area contributed by atoms with E-state index < -0.39 is 0 Å². The summed E-state index contributed by atoms with van der Waals surface area (Å²) in [4.78, 5) is 28.4. The molecule has 2 aromatic rings. The van der Waals surface area contributed by atoms with E-state index in [9.17, 15) is 9.59 Å². The molecule has 2 aliphatic rings. The number of nitrogens with zero attached hydrogens (tertiary/aromatic N) is 1. The molecular weight excluding hydrogens is 398 g/mol. The molecule has 1 aliphatic carbocycles. The lowest BCUT2D eigenvalue weighted by atomic mass is 9.83. The molecule has 0 amide bonds. The number of ketones is 2. The predicted octanol–water partition coefficient (Wildman–Crippen LogP) is 2.35. The van der Waals surface area contributed by atoms with Crippen molar-refractivity contribution in [1.29, 1.82) is 0 Å². The number of benzene rings is 2. The van der Waals surface area contributed by atoms with Gasteiger partial charge in [-0.2, -0.15) is 0 Å². The molecule has 0 aromatic heterocycles. The molecule has 1 aliphatic heterocycles. The average molecular weight is 425 g/mol. The summed E-state index contributed by atoms with van der Waals surface area (Å²) in [6.07, 6.45) is 0. The fraction of sp³-hybridized carbons (Fsp3) is 0.417. The van der Waals surface area contributed by atoms with Gasteiger partial charge in [0.2, 0.25) is 0 Å². The van der Waals surface area contributed by atoms with Crippen LogP contribution >= 0.6 is 0 Å². The molecule has 7 heteroatoms. The normalized spacial score (nSPS) is 19.2. The Morgan fingerprint density at radius 2 is 1.03 bits per heavy atom. The van der Waals surface area contributed by atoms with Gasteiger partial charge < -0.3 is 23.8 Å². The largest absolute Gasteiger partial charge is 0.377 e. The van der Waals surface area contributed by atoms with Gasteiger partial charge in [-0.3, -0.25) is 9.59 Å². The highest BCUT2D eigenvalue weighted by molar-refractivity contribution is 6.30. The van der Waals surface area contributed by atoms with Gasteiger partial charge >= 0.3 is 0 Å². The molecule has 4 rings (SSSR count). The van der Waals surface area contributed by atoms with Crippen molar-refractivity contribution < 1.29 is 28.5 Å². The molecule has 7 nitrogen and oxygen atoms in total. The molecule has 0 N–H and O–H groups in total. The number of hydrogen-bond acceptors (Lipinski definition) is 7. The molecule has 1 heterocycles. The maximum absolute atomic E-state index is 13.3. The minimum Gasteiger partial charge on any atom is -0.377 e. The van der Waals surface area contributed by atoms with Crippen molar-refractivity contribution >= 4 is 17.3 Å². The van der Waals surface area contributed by atoms with Crippen molar-refractivity contribution in [3.8, 4) is 0 Å². The number of hydrogen-bond donors (Lipinski definition) is 0. The molecule has 1 saturated heterocycles. The Morgan fingerprint density at radius 3 is 1.61 bits per heavy atom. The van der Waals surface area contributed by atoms with Gasteiger partial charge in [0.05, 0.1) is 58.4 Å². The highest BCUT2D eigenvalue weighted by Gasteiger charge is 2.32. The van der Waals surface area contributed by atoms with Crippen LogP contribution < -0.4 is 4.90 Å². The third-order valence-electron chi connectivity index (χ3n) is 5.40. The van der Waals surface area contributed by atoms with Crippen LogP contribution in [0.15, 0.2) is 42.5 Å². The molecule has 0 unspecified atom stereocenters. The monoisotopic (exact) mass is 425 g/mol. The van der Waals surface area contributed by atoms with Crippen LogP contribution in [0.5, 0.6) is 0 Å². The van der Waals surface area contributed by atoms with Crippen LogP contribution in [0.3, 0.4) is 0 Å². The number of ether oxygens (including phenoxy) is 4. The lowest BCUT2D eigenvalue weighted by molar-refractivity contribution is 0.00206. The summed E-state index contributed by atoms with van der Waals surface area (Å²) < 4.78 is 22.4. The molecule has 0 radical (unpaired) electrons. The van der Waals surface area contributed by atoms with Gasteiger partial charge in [-0.1, -0.05) is 36.4 Å². The van der Waals surface area contributed by atoms with E-state index in [-0.39, 0.29) is 11.6 Å². The summed E-state index contributed by atoms with van der Waals surface area (Å²) in [6, 6.07) is 12.4. The molecule has 164 valence electrons. The summed E-state index contributed by atoms with van der Waals surface area (Å²) in [5, 5.41) is 0. The van der Waals surface area contributed by atoms with Crippen molar-refractivity contribution in [2.24, 2.45) is 0 Å². The fourth-order valence-electron chi connectivity index (χ4n) is 3.85. The van der Waals surface area contributed by atoms with Gasteiger partial charge in [0.15, 0.2) is 11.6 Å². The second-order valence-corrected chi connectivity index (χ2v) is 7.34. The van der Waals surface area contributed by atoms with Crippen LogP contribution in [-0.4, -0.2) is 77.5 Å². The number of carbonyl (C=O) groups excluding carboxylic acids is 2. The Labute approximate surface area is 181 Å². The van der Waals surface area contributed by atoms with Crippen LogP contribution in [-0.2, 0) is 18.9 Å². The lowest BCUT2D eigenvalue weighted by Crippen LogP contribution is -2.34. The SMILES string of the molecule is O=C1c2ccccc2C(=O)c2c1cccc2N1CCOCCOCCOCCOCC1. The minimum atomic E-state index is -0.125. The van der Waals surface area contributed by atoms with E-state index in [0.29, 0.717) is 88.2 Å². The Bertz CT molecular complexity index is 912. The van der Waals surface area contributed by atoms with Gasteiger partial charge in [0.1, 0.15) is 0 Å². The van der Waals surface area contributed by atoms with E-state index >= 15 is 0 Å². The van der Waals surface area contributed by atoms with Gasteiger partial charge in [0.25, 0.3) is 0 Å². The van der Waals surface area contributed by atoms with E-state index in [1.807, 2.05) is 12.1 Å². The molecule has 31 heavy (non-hydrogen) atoms. The van der Waals surface area contributed by atoms with Crippen molar-refractivity contribution in [2.45, 2.75) is 0 Å². The van der Waals surface area contributed by atoms with E-state index in [2.05, 4.69) is 4.90 Å². The van der Waals surface area contributed by atoms with E-state index in [1.54, 1.807) is 30.3 Å². The van der Waals surface area contributed by atoms with Crippen LogP contribution in [0.25, 0.3) is 0 Å². The van der Waals surface area contributed by atoms with E-state index in [1.165, 1.54) is 0 Å². The average Bonchev–Trinajstić information content (AvgIpc) is 2.81. The predicted molar refractivity (Wildman–Crippen MR) is 115 cm³/mol. The number of carbonyl (C=O) groups is 2. The molecule has 2 aromatic carbocycles. The third-order valence-corrected chi connectivity index (χ3v) is 5.40. The van der Waals surface area contributed by atoms with Crippen molar-refractivity contribution in [1.82, 2.24) is 0 Å². The Hall–Kier alpha value is -2.58. The van der Waals surface area contributed by atoms with Gasteiger partial charge in [-0.05, 0) is 6.07 Å². The fourth-order valence-corrected chi connectivity index (χ4v) is 3.85. The Balaban J connectivity index is 1.59. The zero-order chi connectivity index (χ0) is 21.5. The molecular formula is C24H27NO6. The van der Waals surface area contributed by atoms with E-state index in [4.69, 9.17) is 18.9 Å². The summed E-state index contributed by atoms with van der Waals surface area (Å²) in [5.74, 6) is -0.243. The van der Waals surface area contributed by atoms with Crippen molar-refractivity contribution in [3.63, 3.8) is 0 Å². The van der Waals surface area contributed by atoms with Crippen molar-refractivity contribution in [3.05, 3.63) is 64.7 Å². The number of rotatable bonds is 1. The third kappa shape index (κ3) is 5.02. The summed E-state index contributed by atoms with van der Waals surface area (Å²) in [6.45, 7) is 5.13. The summed E-state index contributed by atoms with van der Waals surface area (Å²) in [7, 11) is 0. The Kier molecular flexibility index (Phi) is 7.43. The standard InChI is InChI=1S/C24H27NO6/c26-23-18-4-1-2-5-19(18)24(27)22-20(23)6-3-7-21(22)25-8-10-28-12-14-30-16-17-31-15-13-29-11-9-25/h1-7H,8-17H2. The minimum absolute atomic E-state index is 0.118. The maximum Gasteiger partial charge on any atom is 0.196 e. The second-order valence-electron chi connectivity index (χ2n) is 7.34. The Morgan fingerprint density at radius 1 is 0.548 bits per heavy atom. The highest BCUT2D eigenvalue weighted by atomic mass is 16.6. The molecule has 1 fully saturated rings. The second kappa shape index (κ2) is 10.6. The first-order valence-electron chi connectivity index (χ1n) is 10.6. The summed E-state index contributed by atoms with van der Waals surface area (Å²) >= 11 is 0. The molecule has 0 atom stereocenters. The smallest absolute Gasteiger partial charge is 0.196 e. The van der Waals surface area contributed by atoms with E-state index in [0.717, 1.165) is 5.69 Å². The first-order valence-corrected chi connectivity index (χ1v) is 10.6. The van der Waals surface area contributed by atoms with Gasteiger partial charge in [0, 0.05) is 35.5 Å². The first kappa shape index (κ1) is 21.6. The molecule has 0 spiro atoms.